The summed E-state index contributed by atoms with van der Waals surface area (Å²) in [6.07, 6.45) is 2.11. The molecular formula is C14H21N5O4. The van der Waals surface area contributed by atoms with Crippen LogP contribution in [0, 0.1) is 0 Å². The number of hydrogen-bond acceptors (Lipinski definition) is 5. The van der Waals surface area contributed by atoms with Crippen LogP contribution in [0.1, 0.15) is 19.4 Å². The smallest absolute Gasteiger partial charge is 0.332 e. The van der Waals surface area contributed by atoms with E-state index in [2.05, 4.69) is 10.3 Å². The van der Waals surface area contributed by atoms with Crippen LogP contribution in [0.2, 0.25) is 0 Å². The Morgan fingerprint density at radius 3 is 2.70 bits per heavy atom. The molecule has 1 atom stereocenters. The Labute approximate surface area is 132 Å². The second-order valence-corrected chi connectivity index (χ2v) is 5.34. The molecule has 0 fully saturated rings. The summed E-state index contributed by atoms with van der Waals surface area (Å²) in [5.74, 6) is -0.226. The molecule has 0 aliphatic rings. The number of methoxy groups -OCH3 is 1. The van der Waals surface area contributed by atoms with Gasteiger partial charge in [-0.15, -0.1) is 0 Å². The number of nitrogens with zero attached hydrogens (tertiary/aromatic N) is 4. The number of rotatable bonds is 6. The van der Waals surface area contributed by atoms with Gasteiger partial charge in [-0.2, -0.15) is 0 Å². The molecule has 126 valence electrons. The van der Waals surface area contributed by atoms with Crippen LogP contribution in [0.15, 0.2) is 15.9 Å². The fraction of sp³-hybridized carbons (Fsp3) is 0.571. The Morgan fingerprint density at radius 1 is 1.35 bits per heavy atom. The molecule has 1 unspecified atom stereocenters. The van der Waals surface area contributed by atoms with Crippen LogP contribution in [0.25, 0.3) is 11.2 Å². The summed E-state index contributed by atoms with van der Waals surface area (Å²) in [6, 6.07) is -0.618. The highest BCUT2D eigenvalue weighted by molar-refractivity contribution is 5.82. The largest absolute Gasteiger partial charge is 0.385 e. The summed E-state index contributed by atoms with van der Waals surface area (Å²) in [7, 11) is 4.54. The van der Waals surface area contributed by atoms with Gasteiger partial charge in [0.05, 0.1) is 6.33 Å². The first-order chi connectivity index (χ1) is 10.9. The van der Waals surface area contributed by atoms with E-state index >= 15 is 0 Å². The minimum Gasteiger partial charge on any atom is -0.385 e. The van der Waals surface area contributed by atoms with Gasteiger partial charge in [-0.3, -0.25) is 18.7 Å². The molecule has 23 heavy (non-hydrogen) atoms. The topological polar surface area (TPSA) is 100 Å². The quantitative estimate of drug-likeness (QED) is 0.698. The Morgan fingerprint density at radius 2 is 2.04 bits per heavy atom. The van der Waals surface area contributed by atoms with Gasteiger partial charge < -0.3 is 14.6 Å². The van der Waals surface area contributed by atoms with Gasteiger partial charge in [0.1, 0.15) is 6.04 Å². The number of hydrogen-bond donors (Lipinski definition) is 1. The number of aromatic nitrogens is 4. The lowest BCUT2D eigenvalue weighted by Crippen LogP contribution is -2.38. The molecule has 9 heteroatoms. The van der Waals surface area contributed by atoms with Crippen molar-refractivity contribution in [2.45, 2.75) is 19.4 Å². The van der Waals surface area contributed by atoms with Gasteiger partial charge in [0.25, 0.3) is 5.56 Å². The molecular weight excluding hydrogens is 302 g/mol. The van der Waals surface area contributed by atoms with E-state index < -0.39 is 17.3 Å². The fourth-order valence-electron chi connectivity index (χ4n) is 2.36. The third-order valence-corrected chi connectivity index (χ3v) is 3.79. The lowest BCUT2D eigenvalue weighted by Gasteiger charge is -2.14. The summed E-state index contributed by atoms with van der Waals surface area (Å²) in [5.41, 5.74) is -0.435. The van der Waals surface area contributed by atoms with Gasteiger partial charge in [0, 0.05) is 34.4 Å². The molecule has 0 saturated heterocycles. The molecule has 0 bridgehead atoms. The van der Waals surface area contributed by atoms with Crippen LogP contribution in [0.3, 0.4) is 0 Å². The average Bonchev–Trinajstić information content (AvgIpc) is 2.99. The van der Waals surface area contributed by atoms with E-state index in [0.717, 1.165) is 4.57 Å². The molecule has 2 aromatic rings. The molecule has 2 aromatic heterocycles. The second-order valence-electron chi connectivity index (χ2n) is 5.34. The van der Waals surface area contributed by atoms with Crippen molar-refractivity contribution in [1.29, 1.82) is 0 Å². The van der Waals surface area contributed by atoms with Crippen molar-refractivity contribution >= 4 is 17.1 Å². The van der Waals surface area contributed by atoms with E-state index in [4.69, 9.17) is 4.74 Å². The second kappa shape index (κ2) is 6.78. The van der Waals surface area contributed by atoms with Crippen LogP contribution >= 0.6 is 0 Å². The van der Waals surface area contributed by atoms with Crippen LogP contribution in [-0.4, -0.2) is 44.9 Å². The molecule has 0 aliphatic carbocycles. The van der Waals surface area contributed by atoms with Crippen LogP contribution in [0.5, 0.6) is 0 Å². The monoisotopic (exact) mass is 323 g/mol. The van der Waals surface area contributed by atoms with Crippen molar-refractivity contribution in [1.82, 2.24) is 24.0 Å². The molecule has 1 N–H and O–H groups in total. The van der Waals surface area contributed by atoms with Gasteiger partial charge in [0.2, 0.25) is 5.91 Å². The zero-order valence-corrected chi connectivity index (χ0v) is 13.7. The summed E-state index contributed by atoms with van der Waals surface area (Å²) in [6.45, 7) is 2.72. The molecule has 2 rings (SSSR count). The minimum atomic E-state index is -0.618. The van der Waals surface area contributed by atoms with E-state index in [1.807, 2.05) is 0 Å². The Balaban J connectivity index is 2.35. The lowest BCUT2D eigenvalue weighted by atomic mass is 10.3. The first kappa shape index (κ1) is 16.9. The van der Waals surface area contributed by atoms with Crippen molar-refractivity contribution in [3.05, 3.63) is 27.2 Å². The number of amides is 1. The minimum absolute atomic E-state index is 0.226. The molecule has 0 aliphatic heterocycles. The highest BCUT2D eigenvalue weighted by Crippen LogP contribution is 2.13. The van der Waals surface area contributed by atoms with Gasteiger partial charge >= 0.3 is 5.69 Å². The van der Waals surface area contributed by atoms with E-state index in [1.165, 1.54) is 29.6 Å². The molecule has 2 heterocycles. The first-order valence-corrected chi connectivity index (χ1v) is 7.29. The number of imidazole rings is 1. The van der Waals surface area contributed by atoms with Crippen LogP contribution in [0.4, 0.5) is 0 Å². The third kappa shape index (κ3) is 3.04. The van der Waals surface area contributed by atoms with Crippen molar-refractivity contribution in [2.24, 2.45) is 14.1 Å². The average molecular weight is 323 g/mol. The van der Waals surface area contributed by atoms with Crippen LogP contribution in [-0.2, 0) is 23.6 Å². The molecule has 0 radical (unpaired) electrons. The summed E-state index contributed by atoms with van der Waals surface area (Å²) in [4.78, 5) is 40.6. The Bertz CT molecular complexity index is 832. The van der Waals surface area contributed by atoms with Crippen LogP contribution < -0.4 is 16.6 Å². The van der Waals surface area contributed by atoms with Gasteiger partial charge in [-0.1, -0.05) is 0 Å². The van der Waals surface area contributed by atoms with Gasteiger partial charge in [-0.25, -0.2) is 9.78 Å². The predicted molar refractivity (Wildman–Crippen MR) is 84.4 cm³/mol. The number of carbonyl (C=O) groups is 1. The van der Waals surface area contributed by atoms with Crippen molar-refractivity contribution in [3.63, 3.8) is 0 Å². The van der Waals surface area contributed by atoms with E-state index in [9.17, 15) is 14.4 Å². The summed E-state index contributed by atoms with van der Waals surface area (Å²) in [5, 5.41) is 2.79. The highest BCUT2D eigenvalue weighted by Gasteiger charge is 2.21. The first-order valence-electron chi connectivity index (χ1n) is 7.29. The third-order valence-electron chi connectivity index (χ3n) is 3.79. The molecule has 0 aromatic carbocycles. The van der Waals surface area contributed by atoms with Gasteiger partial charge in [-0.05, 0) is 13.3 Å². The maximum Gasteiger partial charge on any atom is 0.332 e. The molecule has 9 nitrogen and oxygen atoms in total. The predicted octanol–water partition coefficient (Wildman–Crippen LogP) is -0.853. The zero-order valence-electron chi connectivity index (χ0n) is 13.7. The van der Waals surface area contributed by atoms with Crippen molar-refractivity contribution in [3.8, 4) is 0 Å². The van der Waals surface area contributed by atoms with Crippen molar-refractivity contribution in [2.75, 3.05) is 20.3 Å². The number of ether oxygens (including phenoxy) is 1. The van der Waals surface area contributed by atoms with E-state index in [1.54, 1.807) is 14.0 Å². The Kier molecular flexibility index (Phi) is 4.99. The maximum atomic E-state index is 12.4. The summed E-state index contributed by atoms with van der Waals surface area (Å²) < 4.78 is 8.71. The maximum absolute atomic E-state index is 12.4. The number of aryl methyl sites for hydroxylation is 1. The fourth-order valence-corrected chi connectivity index (χ4v) is 2.36. The summed E-state index contributed by atoms with van der Waals surface area (Å²) >= 11 is 0. The SMILES string of the molecule is COCCCNC(=O)C(C)n1cnc2c1c(=O)n(C)c(=O)n2C. The molecule has 1 amide bonds. The number of carbonyl (C=O) groups excluding carboxylic acids is 1. The Hall–Kier alpha value is -2.42. The van der Waals surface area contributed by atoms with Crippen molar-refractivity contribution < 1.29 is 9.53 Å². The zero-order chi connectivity index (χ0) is 17.1. The normalized spacial score (nSPS) is 12.5. The van der Waals surface area contributed by atoms with E-state index in [0.29, 0.717) is 19.6 Å². The number of fused-ring (bicyclic) bond motifs is 1. The standard InChI is InChI=1S/C14H21N5O4/c1-9(12(20)15-6-5-7-23-4)19-8-16-11-10(19)13(21)18(3)14(22)17(11)2/h8-9H,5-7H2,1-4H3,(H,15,20). The lowest BCUT2D eigenvalue weighted by molar-refractivity contribution is -0.123. The molecule has 0 spiro atoms. The van der Waals surface area contributed by atoms with E-state index in [-0.39, 0.29) is 17.1 Å². The van der Waals surface area contributed by atoms with Gasteiger partial charge in [0.15, 0.2) is 11.2 Å². The highest BCUT2D eigenvalue weighted by atomic mass is 16.5. The molecule has 0 saturated carbocycles. The number of nitrogens with one attached hydrogen (secondary N) is 1.